The molecule has 1 saturated heterocycles. The topological polar surface area (TPSA) is 64.3 Å². The van der Waals surface area contributed by atoms with E-state index in [0.717, 1.165) is 44.2 Å². The van der Waals surface area contributed by atoms with Crippen molar-refractivity contribution in [3.8, 4) is 5.75 Å². The van der Waals surface area contributed by atoms with Crippen LogP contribution in [0.1, 0.15) is 35.3 Å². The lowest BCUT2D eigenvalue weighted by molar-refractivity contribution is -1.02. The Balaban J connectivity index is 1.52. The Kier molecular flexibility index (Phi) is 7.24. The number of quaternary nitrogens is 2. The molecule has 6 heteroatoms. The molecule has 1 fully saturated rings. The first-order valence-electron chi connectivity index (χ1n) is 10.6. The fraction of sp³-hybridized carbons (Fsp3) is 0.417. The summed E-state index contributed by atoms with van der Waals surface area (Å²) >= 11 is 0. The highest BCUT2D eigenvalue weighted by Gasteiger charge is 2.31. The quantitative estimate of drug-likeness (QED) is 0.582. The van der Waals surface area contributed by atoms with Crippen molar-refractivity contribution in [1.29, 1.82) is 0 Å². The second-order valence-corrected chi connectivity index (χ2v) is 8.24. The van der Waals surface area contributed by atoms with Crippen molar-refractivity contribution in [1.82, 2.24) is 0 Å². The molecular weight excluding hydrogens is 378 g/mol. The SMILES string of the molecule is COc1ccc(C)cc1C[NH+]1CC[NH+]([C@@H](C)C(=O)Nc2ccc(C(C)=O)cc2)CC1. The standard InChI is InChI=1S/C24H31N3O3/c1-17-5-10-23(30-4)21(15-17)16-26-11-13-27(14-12-26)18(2)24(29)25-22-8-6-20(7-9-22)19(3)28/h5-10,15,18H,11-14,16H2,1-4H3,(H,25,29)/p+2/t18-/m0/s1. The Morgan fingerprint density at radius 2 is 1.73 bits per heavy atom. The van der Waals surface area contributed by atoms with Crippen LogP contribution in [0.2, 0.25) is 0 Å². The Hall–Kier alpha value is -2.70. The van der Waals surface area contributed by atoms with Crippen LogP contribution in [-0.2, 0) is 11.3 Å². The predicted molar refractivity (Wildman–Crippen MR) is 117 cm³/mol. The molecule has 0 aliphatic carbocycles. The summed E-state index contributed by atoms with van der Waals surface area (Å²) in [6.45, 7) is 10.5. The van der Waals surface area contributed by atoms with E-state index in [1.54, 1.807) is 31.4 Å². The molecule has 3 N–H and O–H groups in total. The minimum Gasteiger partial charge on any atom is -0.496 e. The average molecular weight is 412 g/mol. The number of aryl methyl sites for hydroxylation is 1. The molecule has 1 aliphatic heterocycles. The number of hydrogen-bond donors (Lipinski definition) is 3. The number of benzene rings is 2. The molecule has 0 aromatic heterocycles. The van der Waals surface area contributed by atoms with Crippen LogP contribution in [0, 0.1) is 6.92 Å². The van der Waals surface area contributed by atoms with Gasteiger partial charge in [-0.15, -0.1) is 0 Å². The molecule has 3 rings (SSSR count). The van der Waals surface area contributed by atoms with Gasteiger partial charge in [-0.3, -0.25) is 9.59 Å². The third kappa shape index (κ3) is 5.46. The molecule has 0 bridgehead atoms. The zero-order valence-corrected chi connectivity index (χ0v) is 18.4. The predicted octanol–water partition coefficient (Wildman–Crippen LogP) is 0.517. The van der Waals surface area contributed by atoms with Gasteiger partial charge in [-0.25, -0.2) is 0 Å². The Morgan fingerprint density at radius 1 is 1.07 bits per heavy atom. The van der Waals surface area contributed by atoms with E-state index in [-0.39, 0.29) is 17.7 Å². The van der Waals surface area contributed by atoms with Crippen molar-refractivity contribution in [3.63, 3.8) is 0 Å². The van der Waals surface area contributed by atoms with E-state index in [0.29, 0.717) is 5.56 Å². The van der Waals surface area contributed by atoms with Crippen molar-refractivity contribution >= 4 is 17.4 Å². The molecule has 6 nitrogen and oxygen atoms in total. The van der Waals surface area contributed by atoms with Gasteiger partial charge in [0.1, 0.15) is 38.5 Å². The zero-order chi connectivity index (χ0) is 21.7. The molecule has 1 amide bonds. The summed E-state index contributed by atoms with van der Waals surface area (Å²) < 4.78 is 5.52. The van der Waals surface area contributed by atoms with E-state index >= 15 is 0 Å². The maximum absolute atomic E-state index is 12.7. The number of piperazine rings is 1. The van der Waals surface area contributed by atoms with Crippen LogP contribution in [0.3, 0.4) is 0 Å². The summed E-state index contributed by atoms with van der Waals surface area (Å²) in [5.74, 6) is 0.991. The lowest BCUT2D eigenvalue weighted by atomic mass is 10.1. The highest BCUT2D eigenvalue weighted by molar-refractivity contribution is 5.96. The summed E-state index contributed by atoms with van der Waals surface area (Å²) in [6.07, 6.45) is 0. The van der Waals surface area contributed by atoms with Gasteiger partial charge in [0.25, 0.3) is 5.91 Å². The highest BCUT2D eigenvalue weighted by Crippen LogP contribution is 2.18. The zero-order valence-electron chi connectivity index (χ0n) is 18.4. The Bertz CT molecular complexity index is 887. The molecule has 160 valence electrons. The van der Waals surface area contributed by atoms with Crippen LogP contribution in [0.15, 0.2) is 42.5 Å². The van der Waals surface area contributed by atoms with Gasteiger partial charge in [0.2, 0.25) is 0 Å². The summed E-state index contributed by atoms with van der Waals surface area (Å²) in [4.78, 5) is 26.9. The number of amides is 1. The summed E-state index contributed by atoms with van der Waals surface area (Å²) in [5, 5.41) is 2.98. The minimum atomic E-state index is -0.118. The first-order chi connectivity index (χ1) is 14.4. The van der Waals surface area contributed by atoms with Crippen LogP contribution in [-0.4, -0.2) is 51.0 Å². The van der Waals surface area contributed by atoms with Gasteiger partial charge in [0.15, 0.2) is 11.8 Å². The molecule has 1 heterocycles. The maximum Gasteiger partial charge on any atom is 0.282 e. The molecule has 2 aromatic carbocycles. The number of Topliss-reactive ketones (excluding diaryl/α,β-unsaturated/α-hetero) is 1. The molecule has 1 atom stereocenters. The minimum absolute atomic E-state index is 0.0179. The molecule has 30 heavy (non-hydrogen) atoms. The van der Waals surface area contributed by atoms with Crippen molar-refractivity contribution < 1.29 is 24.1 Å². The maximum atomic E-state index is 12.7. The first-order valence-corrected chi connectivity index (χ1v) is 10.6. The number of anilines is 1. The lowest BCUT2D eigenvalue weighted by Gasteiger charge is -2.32. The lowest BCUT2D eigenvalue weighted by Crippen LogP contribution is -3.29. The van der Waals surface area contributed by atoms with Crippen molar-refractivity contribution in [2.24, 2.45) is 0 Å². The second kappa shape index (κ2) is 9.87. The number of rotatable bonds is 7. The van der Waals surface area contributed by atoms with E-state index in [9.17, 15) is 9.59 Å². The Morgan fingerprint density at radius 3 is 2.33 bits per heavy atom. The normalized spacial score (nSPS) is 19.7. The summed E-state index contributed by atoms with van der Waals surface area (Å²) in [5.41, 5.74) is 3.87. The van der Waals surface area contributed by atoms with Gasteiger partial charge in [0.05, 0.1) is 7.11 Å². The number of nitrogens with one attached hydrogen (secondary N) is 3. The largest absolute Gasteiger partial charge is 0.496 e. The van der Waals surface area contributed by atoms with Gasteiger partial charge in [-0.05, 0) is 57.2 Å². The fourth-order valence-electron chi connectivity index (χ4n) is 4.07. The van der Waals surface area contributed by atoms with Gasteiger partial charge in [0, 0.05) is 16.8 Å². The van der Waals surface area contributed by atoms with E-state index in [1.165, 1.54) is 27.9 Å². The van der Waals surface area contributed by atoms with Crippen molar-refractivity contribution in [2.75, 3.05) is 38.6 Å². The van der Waals surface area contributed by atoms with Crippen LogP contribution in [0.25, 0.3) is 0 Å². The summed E-state index contributed by atoms with van der Waals surface area (Å²) in [7, 11) is 1.72. The van der Waals surface area contributed by atoms with Crippen LogP contribution in [0.5, 0.6) is 5.75 Å². The second-order valence-electron chi connectivity index (χ2n) is 8.24. The van der Waals surface area contributed by atoms with E-state index < -0.39 is 0 Å². The molecule has 0 unspecified atom stereocenters. The molecule has 0 radical (unpaired) electrons. The molecule has 0 spiro atoms. The summed E-state index contributed by atoms with van der Waals surface area (Å²) in [6, 6.07) is 13.3. The van der Waals surface area contributed by atoms with E-state index in [1.807, 2.05) is 13.0 Å². The molecular formula is C24H33N3O3+2. The third-order valence-electron chi connectivity index (χ3n) is 6.04. The number of carbonyl (C=O) groups is 2. The fourth-order valence-corrected chi connectivity index (χ4v) is 4.07. The first kappa shape index (κ1) is 22.0. The average Bonchev–Trinajstić information content (AvgIpc) is 2.74. The number of ether oxygens (including phenoxy) is 1. The third-order valence-corrected chi connectivity index (χ3v) is 6.04. The van der Waals surface area contributed by atoms with Crippen LogP contribution in [0.4, 0.5) is 5.69 Å². The van der Waals surface area contributed by atoms with Gasteiger partial charge in [-0.1, -0.05) is 11.6 Å². The molecule has 1 aliphatic rings. The molecule has 2 aromatic rings. The number of carbonyl (C=O) groups excluding carboxylic acids is 2. The Labute approximate surface area is 178 Å². The number of hydrogen-bond acceptors (Lipinski definition) is 3. The van der Waals surface area contributed by atoms with Gasteiger partial charge < -0.3 is 19.9 Å². The highest BCUT2D eigenvalue weighted by atomic mass is 16.5. The monoisotopic (exact) mass is 411 g/mol. The number of methoxy groups -OCH3 is 1. The molecule has 0 saturated carbocycles. The van der Waals surface area contributed by atoms with Crippen molar-refractivity contribution in [3.05, 3.63) is 59.2 Å². The van der Waals surface area contributed by atoms with Gasteiger partial charge >= 0.3 is 0 Å². The van der Waals surface area contributed by atoms with E-state index in [2.05, 4.69) is 24.4 Å². The van der Waals surface area contributed by atoms with E-state index in [4.69, 9.17) is 4.74 Å². The van der Waals surface area contributed by atoms with Crippen LogP contribution < -0.4 is 19.9 Å². The number of ketones is 1. The smallest absolute Gasteiger partial charge is 0.282 e. The van der Waals surface area contributed by atoms with Crippen molar-refractivity contribution in [2.45, 2.75) is 33.4 Å². The van der Waals surface area contributed by atoms with Gasteiger partial charge in [-0.2, -0.15) is 0 Å². The van der Waals surface area contributed by atoms with Crippen LogP contribution >= 0.6 is 0 Å².